The van der Waals surface area contributed by atoms with Crippen molar-refractivity contribution in [2.75, 3.05) is 24.3 Å². The van der Waals surface area contributed by atoms with Crippen LogP contribution < -0.4 is 16.0 Å². The molecule has 4 heteroatoms. The van der Waals surface area contributed by atoms with E-state index in [1.54, 1.807) is 6.07 Å². The number of primary amides is 1. The van der Waals surface area contributed by atoms with Crippen molar-refractivity contribution >= 4 is 17.3 Å². The summed E-state index contributed by atoms with van der Waals surface area (Å²) >= 11 is 0. The van der Waals surface area contributed by atoms with Crippen molar-refractivity contribution in [1.29, 1.82) is 0 Å². The van der Waals surface area contributed by atoms with E-state index in [4.69, 9.17) is 5.73 Å². The maximum atomic E-state index is 11.2. The number of hydrogen-bond acceptors (Lipinski definition) is 3. The highest BCUT2D eigenvalue weighted by molar-refractivity contribution is 5.92. The van der Waals surface area contributed by atoms with Crippen LogP contribution in [0.5, 0.6) is 0 Å². The van der Waals surface area contributed by atoms with Gasteiger partial charge in [0.1, 0.15) is 0 Å². The molecule has 0 aliphatic heterocycles. The summed E-state index contributed by atoms with van der Waals surface area (Å²) in [7, 11) is 4.02. The van der Waals surface area contributed by atoms with Gasteiger partial charge < -0.3 is 16.0 Å². The van der Waals surface area contributed by atoms with Crippen LogP contribution in [0.2, 0.25) is 0 Å². The molecule has 0 radical (unpaired) electrons. The summed E-state index contributed by atoms with van der Waals surface area (Å²) in [6.45, 7) is 0.645. The molecule has 0 heterocycles. The molecule has 2 aromatic rings. The van der Waals surface area contributed by atoms with Crippen LogP contribution in [-0.4, -0.2) is 20.0 Å². The van der Waals surface area contributed by atoms with Crippen molar-refractivity contribution in [3.05, 3.63) is 59.7 Å². The fraction of sp³-hybridized carbons (Fsp3) is 0.188. The van der Waals surface area contributed by atoms with Crippen LogP contribution in [0.4, 0.5) is 11.4 Å². The normalized spacial score (nSPS) is 10.1. The molecule has 104 valence electrons. The number of nitrogens with one attached hydrogen (secondary N) is 1. The lowest BCUT2D eigenvalue weighted by molar-refractivity contribution is 0.1000. The van der Waals surface area contributed by atoms with E-state index in [0.717, 1.165) is 16.9 Å². The standard InChI is InChI=1S/C16H19N3O/c1-19(2)15-9-4-3-8-14(15)18-11-12-6-5-7-13(10-12)16(17)20/h3-10,18H,11H2,1-2H3,(H2,17,20). The Bertz CT molecular complexity index is 608. The molecular weight excluding hydrogens is 250 g/mol. The van der Waals surface area contributed by atoms with Crippen LogP contribution in [0.1, 0.15) is 15.9 Å². The van der Waals surface area contributed by atoms with E-state index >= 15 is 0 Å². The van der Waals surface area contributed by atoms with Crippen molar-refractivity contribution < 1.29 is 4.79 Å². The molecule has 0 saturated heterocycles. The predicted octanol–water partition coefficient (Wildman–Crippen LogP) is 2.46. The first kappa shape index (κ1) is 13.9. The number of carbonyl (C=O) groups excluding carboxylic acids is 1. The number of hydrogen-bond donors (Lipinski definition) is 2. The third kappa shape index (κ3) is 3.29. The third-order valence-corrected chi connectivity index (χ3v) is 3.08. The quantitative estimate of drug-likeness (QED) is 0.876. The predicted molar refractivity (Wildman–Crippen MR) is 83.1 cm³/mol. The second-order valence-corrected chi connectivity index (χ2v) is 4.83. The molecule has 0 saturated carbocycles. The lowest BCUT2D eigenvalue weighted by atomic mass is 10.1. The largest absolute Gasteiger partial charge is 0.379 e. The molecule has 0 aliphatic rings. The van der Waals surface area contributed by atoms with Crippen molar-refractivity contribution in [2.45, 2.75) is 6.54 Å². The summed E-state index contributed by atoms with van der Waals surface area (Å²) < 4.78 is 0. The maximum Gasteiger partial charge on any atom is 0.248 e. The zero-order valence-electron chi connectivity index (χ0n) is 11.8. The summed E-state index contributed by atoms with van der Waals surface area (Å²) in [5, 5.41) is 3.38. The first-order chi connectivity index (χ1) is 9.58. The van der Waals surface area contributed by atoms with Crippen LogP contribution in [0.3, 0.4) is 0 Å². The van der Waals surface area contributed by atoms with Gasteiger partial charge in [-0.05, 0) is 29.8 Å². The number of nitrogens with two attached hydrogens (primary N) is 1. The molecule has 3 N–H and O–H groups in total. The molecular formula is C16H19N3O. The van der Waals surface area contributed by atoms with Crippen LogP contribution in [0.25, 0.3) is 0 Å². The smallest absolute Gasteiger partial charge is 0.248 e. The van der Waals surface area contributed by atoms with E-state index in [1.807, 2.05) is 50.5 Å². The Morgan fingerprint density at radius 1 is 1.15 bits per heavy atom. The van der Waals surface area contributed by atoms with Gasteiger partial charge in [0.05, 0.1) is 11.4 Å². The second kappa shape index (κ2) is 6.10. The summed E-state index contributed by atoms with van der Waals surface area (Å²) in [5.41, 5.74) is 9.02. The third-order valence-electron chi connectivity index (χ3n) is 3.08. The number of nitrogens with zero attached hydrogens (tertiary/aromatic N) is 1. The minimum Gasteiger partial charge on any atom is -0.379 e. The van der Waals surface area contributed by atoms with E-state index < -0.39 is 5.91 Å². The highest BCUT2D eigenvalue weighted by Gasteiger charge is 2.04. The Hall–Kier alpha value is -2.49. The van der Waals surface area contributed by atoms with E-state index in [2.05, 4.69) is 16.3 Å². The van der Waals surface area contributed by atoms with Gasteiger partial charge in [-0.2, -0.15) is 0 Å². The highest BCUT2D eigenvalue weighted by Crippen LogP contribution is 2.24. The Morgan fingerprint density at radius 3 is 2.60 bits per heavy atom. The van der Waals surface area contributed by atoms with Crippen molar-refractivity contribution in [3.8, 4) is 0 Å². The average Bonchev–Trinajstić information content (AvgIpc) is 2.45. The summed E-state index contributed by atoms with van der Waals surface area (Å²) in [6, 6.07) is 15.4. The van der Waals surface area contributed by atoms with Gasteiger partial charge in [-0.3, -0.25) is 4.79 Å². The Balaban J connectivity index is 2.13. The SMILES string of the molecule is CN(C)c1ccccc1NCc1cccc(C(N)=O)c1. The van der Waals surface area contributed by atoms with Gasteiger partial charge in [-0.25, -0.2) is 0 Å². The topological polar surface area (TPSA) is 58.4 Å². The Labute approximate surface area is 119 Å². The zero-order chi connectivity index (χ0) is 14.5. The fourth-order valence-electron chi connectivity index (χ4n) is 2.04. The van der Waals surface area contributed by atoms with Crippen molar-refractivity contribution in [2.24, 2.45) is 5.73 Å². The van der Waals surface area contributed by atoms with Crippen LogP contribution in [0.15, 0.2) is 48.5 Å². The molecule has 0 atom stereocenters. The van der Waals surface area contributed by atoms with Crippen molar-refractivity contribution in [1.82, 2.24) is 0 Å². The summed E-state index contributed by atoms with van der Waals surface area (Å²) in [6.07, 6.45) is 0. The molecule has 0 aromatic heterocycles. The first-order valence-electron chi connectivity index (χ1n) is 6.47. The van der Waals surface area contributed by atoms with E-state index in [1.165, 1.54) is 0 Å². The molecule has 1 amide bonds. The molecule has 0 aliphatic carbocycles. The monoisotopic (exact) mass is 269 g/mol. The molecule has 0 unspecified atom stereocenters. The first-order valence-corrected chi connectivity index (χ1v) is 6.47. The summed E-state index contributed by atoms with van der Waals surface area (Å²) in [5.74, 6) is -0.402. The Morgan fingerprint density at radius 2 is 1.90 bits per heavy atom. The average molecular weight is 269 g/mol. The zero-order valence-corrected chi connectivity index (χ0v) is 11.8. The highest BCUT2D eigenvalue weighted by atomic mass is 16.1. The van der Waals surface area contributed by atoms with E-state index in [9.17, 15) is 4.79 Å². The molecule has 0 spiro atoms. The number of benzene rings is 2. The molecule has 2 aromatic carbocycles. The molecule has 0 bridgehead atoms. The number of anilines is 2. The minimum atomic E-state index is -0.402. The van der Waals surface area contributed by atoms with Gasteiger partial charge in [0, 0.05) is 26.2 Å². The molecule has 4 nitrogen and oxygen atoms in total. The van der Waals surface area contributed by atoms with Gasteiger partial charge in [-0.15, -0.1) is 0 Å². The molecule has 2 rings (SSSR count). The van der Waals surface area contributed by atoms with E-state index in [0.29, 0.717) is 12.1 Å². The molecule has 0 fully saturated rings. The second-order valence-electron chi connectivity index (χ2n) is 4.83. The van der Waals surface area contributed by atoms with Gasteiger partial charge in [0.2, 0.25) is 5.91 Å². The lowest BCUT2D eigenvalue weighted by Crippen LogP contribution is -2.13. The van der Waals surface area contributed by atoms with Gasteiger partial charge >= 0.3 is 0 Å². The van der Waals surface area contributed by atoms with Crippen LogP contribution in [-0.2, 0) is 6.54 Å². The Kier molecular flexibility index (Phi) is 4.25. The van der Waals surface area contributed by atoms with Crippen molar-refractivity contribution in [3.63, 3.8) is 0 Å². The fourth-order valence-corrected chi connectivity index (χ4v) is 2.04. The van der Waals surface area contributed by atoms with Crippen LogP contribution >= 0.6 is 0 Å². The van der Waals surface area contributed by atoms with Gasteiger partial charge in [0.25, 0.3) is 0 Å². The van der Waals surface area contributed by atoms with Gasteiger partial charge in [-0.1, -0.05) is 24.3 Å². The minimum absolute atomic E-state index is 0.402. The maximum absolute atomic E-state index is 11.2. The lowest BCUT2D eigenvalue weighted by Gasteiger charge is -2.18. The summed E-state index contributed by atoms with van der Waals surface area (Å²) in [4.78, 5) is 13.2. The number of carbonyl (C=O) groups is 1. The van der Waals surface area contributed by atoms with Crippen LogP contribution in [0, 0.1) is 0 Å². The molecule has 20 heavy (non-hydrogen) atoms. The number of rotatable bonds is 5. The van der Waals surface area contributed by atoms with Gasteiger partial charge in [0.15, 0.2) is 0 Å². The number of amides is 1. The van der Waals surface area contributed by atoms with E-state index in [-0.39, 0.29) is 0 Å². The number of para-hydroxylation sites is 2.